The zero-order valence-corrected chi connectivity index (χ0v) is 7.30. The largest absolute Gasteiger partial charge is 0.399 e. The van der Waals surface area contributed by atoms with Crippen molar-refractivity contribution >= 4 is 5.69 Å². The van der Waals surface area contributed by atoms with Crippen LogP contribution in [0.15, 0.2) is 18.2 Å². The summed E-state index contributed by atoms with van der Waals surface area (Å²) < 4.78 is 0. The van der Waals surface area contributed by atoms with Crippen molar-refractivity contribution in [2.24, 2.45) is 0 Å². The smallest absolute Gasteiger partial charge is 0.0317 e. The molecule has 2 nitrogen and oxygen atoms in total. The van der Waals surface area contributed by atoms with Gasteiger partial charge in [-0.15, -0.1) is 0 Å². The van der Waals surface area contributed by atoms with Gasteiger partial charge in [-0.1, -0.05) is 6.07 Å². The van der Waals surface area contributed by atoms with Gasteiger partial charge < -0.3 is 11.1 Å². The Labute approximate surface area is 72.8 Å². The van der Waals surface area contributed by atoms with Gasteiger partial charge in [-0.2, -0.15) is 0 Å². The van der Waals surface area contributed by atoms with Gasteiger partial charge in [0.15, 0.2) is 0 Å². The van der Waals surface area contributed by atoms with Crippen LogP contribution in [0.3, 0.4) is 0 Å². The lowest BCUT2D eigenvalue weighted by atomic mass is 9.96. The van der Waals surface area contributed by atoms with E-state index in [1.807, 2.05) is 6.07 Å². The Bertz CT molecular complexity index is 294. The molecule has 1 unspecified atom stereocenters. The molecular weight excluding hydrogens is 148 g/mol. The minimum atomic E-state index is 0.598. The van der Waals surface area contributed by atoms with E-state index >= 15 is 0 Å². The van der Waals surface area contributed by atoms with E-state index in [2.05, 4.69) is 24.4 Å². The Hall–Kier alpha value is -1.02. The van der Waals surface area contributed by atoms with Crippen molar-refractivity contribution in [3.05, 3.63) is 29.3 Å². The first-order chi connectivity index (χ1) is 5.75. The molecule has 0 aromatic heterocycles. The first-order valence-electron chi connectivity index (χ1n) is 4.36. The molecule has 0 fully saturated rings. The summed E-state index contributed by atoms with van der Waals surface area (Å²) in [5.41, 5.74) is 9.35. The summed E-state index contributed by atoms with van der Waals surface area (Å²) in [4.78, 5) is 0. The molecule has 1 atom stereocenters. The maximum atomic E-state index is 5.69. The third-order valence-corrected chi connectivity index (χ3v) is 2.40. The number of nitrogen functional groups attached to an aromatic ring is 1. The second kappa shape index (κ2) is 2.79. The van der Waals surface area contributed by atoms with Crippen molar-refractivity contribution in [2.75, 3.05) is 5.73 Å². The van der Waals surface area contributed by atoms with E-state index in [9.17, 15) is 0 Å². The van der Waals surface area contributed by atoms with Crippen LogP contribution in [0.25, 0.3) is 0 Å². The molecule has 12 heavy (non-hydrogen) atoms. The van der Waals surface area contributed by atoms with Crippen LogP contribution in [-0.2, 0) is 13.0 Å². The van der Waals surface area contributed by atoms with Crippen molar-refractivity contribution in [3.8, 4) is 0 Å². The molecule has 1 aromatic carbocycles. The molecule has 2 heteroatoms. The molecule has 0 aliphatic carbocycles. The van der Waals surface area contributed by atoms with E-state index < -0.39 is 0 Å². The van der Waals surface area contributed by atoms with E-state index in [0.717, 1.165) is 18.7 Å². The molecule has 0 radical (unpaired) electrons. The molecule has 0 saturated carbocycles. The van der Waals surface area contributed by atoms with E-state index in [0.29, 0.717) is 6.04 Å². The highest BCUT2D eigenvalue weighted by molar-refractivity contribution is 5.45. The topological polar surface area (TPSA) is 38.0 Å². The van der Waals surface area contributed by atoms with Crippen LogP contribution in [-0.4, -0.2) is 6.04 Å². The maximum absolute atomic E-state index is 5.69. The molecule has 1 aliphatic heterocycles. The standard InChI is InChI=1S/C10H14N2/c1-7-4-8-2-3-10(11)5-9(8)6-12-7/h2-3,5,7,12H,4,6,11H2,1H3. The fourth-order valence-corrected chi connectivity index (χ4v) is 1.70. The van der Waals surface area contributed by atoms with Crippen LogP contribution >= 0.6 is 0 Å². The molecule has 1 aliphatic rings. The van der Waals surface area contributed by atoms with E-state index in [-0.39, 0.29) is 0 Å². The van der Waals surface area contributed by atoms with Gasteiger partial charge in [0.25, 0.3) is 0 Å². The average molecular weight is 162 g/mol. The number of benzene rings is 1. The average Bonchev–Trinajstić information content (AvgIpc) is 2.05. The lowest BCUT2D eigenvalue weighted by Crippen LogP contribution is -2.32. The Balaban J connectivity index is 2.37. The summed E-state index contributed by atoms with van der Waals surface area (Å²) in [5, 5.41) is 3.41. The Morgan fingerprint density at radius 3 is 3.08 bits per heavy atom. The molecule has 1 aromatic rings. The summed E-state index contributed by atoms with van der Waals surface area (Å²) in [7, 11) is 0. The summed E-state index contributed by atoms with van der Waals surface area (Å²) in [6.45, 7) is 3.17. The van der Waals surface area contributed by atoms with Crippen molar-refractivity contribution in [1.29, 1.82) is 0 Å². The van der Waals surface area contributed by atoms with Crippen molar-refractivity contribution < 1.29 is 0 Å². The number of anilines is 1. The van der Waals surface area contributed by atoms with Crippen molar-refractivity contribution in [2.45, 2.75) is 25.9 Å². The van der Waals surface area contributed by atoms with Crippen LogP contribution in [0.5, 0.6) is 0 Å². The molecule has 0 amide bonds. The Morgan fingerprint density at radius 2 is 2.25 bits per heavy atom. The normalized spacial score (nSPS) is 21.9. The summed E-state index contributed by atoms with van der Waals surface area (Å²) in [6, 6.07) is 6.79. The predicted octanol–water partition coefficient (Wildman–Crippen LogP) is 1.30. The predicted molar refractivity (Wildman–Crippen MR) is 50.9 cm³/mol. The summed E-state index contributed by atoms with van der Waals surface area (Å²) in [6.07, 6.45) is 1.12. The molecule has 1 heterocycles. The van der Waals surface area contributed by atoms with Gasteiger partial charge in [0.05, 0.1) is 0 Å². The first-order valence-corrected chi connectivity index (χ1v) is 4.36. The van der Waals surface area contributed by atoms with Gasteiger partial charge in [-0.05, 0) is 36.6 Å². The van der Waals surface area contributed by atoms with Crippen LogP contribution in [0.2, 0.25) is 0 Å². The van der Waals surface area contributed by atoms with Gasteiger partial charge in [0.1, 0.15) is 0 Å². The third kappa shape index (κ3) is 1.30. The minimum absolute atomic E-state index is 0.598. The van der Waals surface area contributed by atoms with Gasteiger partial charge in [-0.3, -0.25) is 0 Å². The zero-order chi connectivity index (χ0) is 8.55. The number of fused-ring (bicyclic) bond motifs is 1. The molecule has 0 saturated heterocycles. The van der Waals surface area contributed by atoms with E-state index in [1.165, 1.54) is 11.1 Å². The van der Waals surface area contributed by atoms with Crippen molar-refractivity contribution in [1.82, 2.24) is 5.32 Å². The lowest BCUT2D eigenvalue weighted by Gasteiger charge is -2.23. The van der Waals surface area contributed by atoms with Crippen LogP contribution in [0.4, 0.5) is 5.69 Å². The van der Waals surface area contributed by atoms with Crippen molar-refractivity contribution in [3.63, 3.8) is 0 Å². The number of nitrogens with two attached hydrogens (primary N) is 1. The van der Waals surface area contributed by atoms with Gasteiger partial charge in [-0.25, -0.2) is 0 Å². The van der Waals surface area contributed by atoms with E-state index in [4.69, 9.17) is 5.73 Å². The number of hydrogen-bond donors (Lipinski definition) is 2. The van der Waals surface area contributed by atoms with E-state index in [1.54, 1.807) is 0 Å². The zero-order valence-electron chi connectivity index (χ0n) is 7.30. The Kier molecular flexibility index (Phi) is 1.77. The molecule has 3 N–H and O–H groups in total. The number of nitrogens with one attached hydrogen (secondary N) is 1. The van der Waals surface area contributed by atoms with Crippen LogP contribution < -0.4 is 11.1 Å². The summed E-state index contributed by atoms with van der Waals surface area (Å²) in [5.74, 6) is 0. The third-order valence-electron chi connectivity index (χ3n) is 2.40. The van der Waals surface area contributed by atoms with Crippen LogP contribution in [0, 0.1) is 0 Å². The second-order valence-corrected chi connectivity index (χ2v) is 3.51. The fraction of sp³-hybridized carbons (Fsp3) is 0.400. The highest BCUT2D eigenvalue weighted by atomic mass is 14.9. The highest BCUT2D eigenvalue weighted by Gasteiger charge is 2.13. The number of rotatable bonds is 0. The highest BCUT2D eigenvalue weighted by Crippen LogP contribution is 2.18. The molecule has 0 spiro atoms. The molecule has 64 valence electrons. The van der Waals surface area contributed by atoms with Crippen LogP contribution in [0.1, 0.15) is 18.1 Å². The van der Waals surface area contributed by atoms with Gasteiger partial charge in [0, 0.05) is 18.3 Å². The minimum Gasteiger partial charge on any atom is -0.399 e. The second-order valence-electron chi connectivity index (χ2n) is 3.51. The Morgan fingerprint density at radius 1 is 1.42 bits per heavy atom. The lowest BCUT2D eigenvalue weighted by molar-refractivity contribution is 0.514. The summed E-state index contributed by atoms with van der Waals surface area (Å²) >= 11 is 0. The molecule has 0 bridgehead atoms. The molecule has 2 rings (SSSR count). The SMILES string of the molecule is CC1Cc2ccc(N)cc2CN1. The van der Waals surface area contributed by atoms with Gasteiger partial charge in [0.2, 0.25) is 0 Å². The maximum Gasteiger partial charge on any atom is 0.0317 e. The monoisotopic (exact) mass is 162 g/mol. The first kappa shape index (κ1) is 7.62. The number of hydrogen-bond acceptors (Lipinski definition) is 2. The molecular formula is C10H14N2. The quantitative estimate of drug-likeness (QED) is 0.564. The van der Waals surface area contributed by atoms with Gasteiger partial charge >= 0.3 is 0 Å². The fourth-order valence-electron chi connectivity index (χ4n) is 1.70.